The fourth-order valence-electron chi connectivity index (χ4n) is 2.43. The smallest absolute Gasteiger partial charge is 0.416 e. The number of rotatable bonds is 8. The summed E-state index contributed by atoms with van der Waals surface area (Å²) < 4.78 is 66.3. The Labute approximate surface area is 197 Å². The van der Waals surface area contributed by atoms with Crippen LogP contribution in [0.5, 0.6) is 5.75 Å². The van der Waals surface area contributed by atoms with Gasteiger partial charge in [0.25, 0.3) is 0 Å². The lowest BCUT2D eigenvalue weighted by Gasteiger charge is -2.12. The molecule has 172 valence electrons. The molecule has 2 aromatic rings. The summed E-state index contributed by atoms with van der Waals surface area (Å²) in [6.07, 6.45) is -3.22. The van der Waals surface area contributed by atoms with Crippen LogP contribution < -0.4 is 15.4 Å². The highest BCUT2D eigenvalue weighted by Gasteiger charge is 2.29. The van der Waals surface area contributed by atoms with Gasteiger partial charge in [0.15, 0.2) is 15.8 Å². The summed E-state index contributed by atoms with van der Waals surface area (Å²) >= 11 is 0. The topological polar surface area (TPSA) is 79.8 Å². The second-order valence-electron chi connectivity index (χ2n) is 6.41. The molecule has 2 rings (SSSR count). The first-order chi connectivity index (χ1) is 14.1. The third-order valence-electron chi connectivity index (χ3n) is 3.96. The van der Waals surface area contributed by atoms with Gasteiger partial charge in [-0.25, -0.2) is 13.4 Å². The standard InChI is InChI=1S/C20H24F3N3O3S.HI/c1-3-24-19(26-14-15-4-6-16(7-5-15)20(21,22)23)25-12-13-29-17-8-10-18(11-9-17)30(2,27)28;/h4-11H,3,12-14H2,1-2H3,(H2,24,25,26);1H. The number of nitrogens with one attached hydrogen (secondary N) is 2. The van der Waals surface area contributed by atoms with E-state index >= 15 is 0 Å². The molecule has 0 aliphatic carbocycles. The van der Waals surface area contributed by atoms with Gasteiger partial charge >= 0.3 is 6.18 Å². The Balaban J connectivity index is 0.00000480. The van der Waals surface area contributed by atoms with Crippen molar-refractivity contribution in [2.45, 2.75) is 24.5 Å². The Hall–Kier alpha value is -2.02. The molecule has 0 bridgehead atoms. The Kier molecular flexibility index (Phi) is 10.6. The maximum atomic E-state index is 12.6. The second-order valence-corrected chi connectivity index (χ2v) is 8.42. The zero-order chi connectivity index (χ0) is 22.2. The monoisotopic (exact) mass is 571 g/mol. The van der Waals surface area contributed by atoms with Crippen LogP contribution in [0.3, 0.4) is 0 Å². The van der Waals surface area contributed by atoms with E-state index in [0.717, 1.165) is 18.4 Å². The lowest BCUT2D eigenvalue weighted by molar-refractivity contribution is -0.137. The van der Waals surface area contributed by atoms with E-state index in [0.29, 0.717) is 37.0 Å². The minimum Gasteiger partial charge on any atom is -0.492 e. The molecule has 0 heterocycles. The number of alkyl halides is 3. The zero-order valence-electron chi connectivity index (χ0n) is 17.1. The van der Waals surface area contributed by atoms with Gasteiger partial charge in [0, 0.05) is 12.8 Å². The van der Waals surface area contributed by atoms with Gasteiger partial charge in [-0.2, -0.15) is 13.2 Å². The van der Waals surface area contributed by atoms with Crippen LogP contribution in [0.4, 0.5) is 13.2 Å². The van der Waals surface area contributed by atoms with Crippen molar-refractivity contribution in [3.05, 3.63) is 59.7 Å². The van der Waals surface area contributed by atoms with Gasteiger partial charge in [0.05, 0.1) is 23.5 Å². The average Bonchev–Trinajstić information content (AvgIpc) is 2.68. The van der Waals surface area contributed by atoms with Crippen molar-refractivity contribution in [1.29, 1.82) is 0 Å². The van der Waals surface area contributed by atoms with Crippen molar-refractivity contribution in [2.75, 3.05) is 26.0 Å². The van der Waals surface area contributed by atoms with E-state index in [1.165, 1.54) is 24.3 Å². The summed E-state index contributed by atoms with van der Waals surface area (Å²) in [4.78, 5) is 4.57. The highest BCUT2D eigenvalue weighted by atomic mass is 127. The third-order valence-corrected chi connectivity index (χ3v) is 5.09. The molecule has 0 fully saturated rings. The minimum atomic E-state index is -4.36. The Morgan fingerprint density at radius 1 is 1.03 bits per heavy atom. The molecule has 0 spiro atoms. The molecule has 0 atom stereocenters. The highest BCUT2D eigenvalue weighted by Crippen LogP contribution is 2.29. The summed E-state index contributed by atoms with van der Waals surface area (Å²) in [7, 11) is -3.25. The number of benzene rings is 2. The maximum Gasteiger partial charge on any atom is 0.416 e. The quantitative estimate of drug-likeness (QED) is 0.218. The van der Waals surface area contributed by atoms with Gasteiger partial charge in [0.2, 0.25) is 0 Å². The van der Waals surface area contributed by atoms with Crippen molar-refractivity contribution in [1.82, 2.24) is 10.6 Å². The molecule has 11 heteroatoms. The van der Waals surface area contributed by atoms with Crippen LogP contribution in [-0.2, 0) is 22.6 Å². The van der Waals surface area contributed by atoms with Crippen LogP contribution in [0.2, 0.25) is 0 Å². The van der Waals surface area contributed by atoms with Crippen molar-refractivity contribution < 1.29 is 26.3 Å². The molecule has 0 saturated carbocycles. The number of guanidine groups is 1. The maximum absolute atomic E-state index is 12.6. The van der Waals surface area contributed by atoms with E-state index in [9.17, 15) is 21.6 Å². The number of hydrogen-bond donors (Lipinski definition) is 2. The average molecular weight is 571 g/mol. The van der Waals surface area contributed by atoms with Crippen molar-refractivity contribution in [2.24, 2.45) is 4.99 Å². The molecular weight excluding hydrogens is 546 g/mol. The molecule has 0 aliphatic heterocycles. The summed E-state index contributed by atoms with van der Waals surface area (Å²) in [5.74, 6) is 1.05. The molecule has 31 heavy (non-hydrogen) atoms. The van der Waals surface area contributed by atoms with Gasteiger partial charge < -0.3 is 15.4 Å². The van der Waals surface area contributed by atoms with Crippen LogP contribution in [-0.4, -0.2) is 40.3 Å². The highest BCUT2D eigenvalue weighted by molar-refractivity contribution is 14.0. The number of sulfone groups is 1. The third kappa shape index (κ3) is 9.33. The van der Waals surface area contributed by atoms with E-state index in [1.54, 1.807) is 12.1 Å². The second kappa shape index (κ2) is 12.1. The van der Waals surface area contributed by atoms with Gasteiger partial charge in [-0.3, -0.25) is 0 Å². The van der Waals surface area contributed by atoms with E-state index < -0.39 is 21.6 Å². The zero-order valence-corrected chi connectivity index (χ0v) is 20.2. The first kappa shape index (κ1) is 27.0. The lowest BCUT2D eigenvalue weighted by atomic mass is 10.1. The van der Waals surface area contributed by atoms with Gasteiger partial charge in [-0.05, 0) is 48.9 Å². The molecular formula is C20H25F3IN3O3S. The summed E-state index contributed by atoms with van der Waals surface area (Å²) in [6, 6.07) is 11.0. The first-order valence-corrected chi connectivity index (χ1v) is 11.1. The van der Waals surface area contributed by atoms with Gasteiger partial charge in [0.1, 0.15) is 12.4 Å². The van der Waals surface area contributed by atoms with Gasteiger partial charge in [-0.1, -0.05) is 12.1 Å². The fraction of sp³-hybridized carbons (Fsp3) is 0.350. The Morgan fingerprint density at radius 3 is 2.16 bits per heavy atom. The Bertz CT molecular complexity index is 948. The number of hydrogen-bond acceptors (Lipinski definition) is 4. The molecule has 2 N–H and O–H groups in total. The SMILES string of the molecule is CCNC(=NCc1ccc(C(F)(F)F)cc1)NCCOc1ccc(S(C)(=O)=O)cc1.I. The number of nitrogens with zero attached hydrogens (tertiary/aromatic N) is 1. The number of halogens is 4. The largest absolute Gasteiger partial charge is 0.492 e. The molecule has 0 radical (unpaired) electrons. The van der Waals surface area contributed by atoms with Crippen LogP contribution in [0, 0.1) is 0 Å². The predicted octanol–water partition coefficient (Wildman–Crippen LogP) is 3.86. The van der Waals surface area contributed by atoms with Crippen LogP contribution >= 0.6 is 24.0 Å². The van der Waals surface area contributed by atoms with Crippen molar-refractivity contribution in [3.63, 3.8) is 0 Å². The summed E-state index contributed by atoms with van der Waals surface area (Å²) in [5.41, 5.74) is -0.0376. The lowest BCUT2D eigenvalue weighted by Crippen LogP contribution is -2.39. The molecule has 0 amide bonds. The van der Waals surface area contributed by atoms with Crippen LogP contribution in [0.15, 0.2) is 58.4 Å². The number of ether oxygens (including phenoxy) is 1. The molecule has 0 unspecified atom stereocenters. The van der Waals surface area contributed by atoms with E-state index in [2.05, 4.69) is 15.6 Å². The summed E-state index contributed by atoms with van der Waals surface area (Å²) in [5, 5.41) is 6.12. The number of aliphatic imine (C=N–C) groups is 1. The van der Waals surface area contributed by atoms with E-state index in [4.69, 9.17) is 4.74 Å². The Morgan fingerprint density at radius 2 is 1.65 bits per heavy atom. The van der Waals surface area contributed by atoms with Crippen LogP contribution in [0.25, 0.3) is 0 Å². The van der Waals surface area contributed by atoms with Crippen molar-refractivity contribution in [3.8, 4) is 5.75 Å². The molecule has 0 saturated heterocycles. The van der Waals surface area contributed by atoms with Crippen LogP contribution in [0.1, 0.15) is 18.1 Å². The first-order valence-electron chi connectivity index (χ1n) is 9.21. The molecule has 0 aliphatic rings. The molecule has 0 aromatic heterocycles. The van der Waals surface area contributed by atoms with E-state index in [-0.39, 0.29) is 35.4 Å². The van der Waals surface area contributed by atoms with E-state index in [1.807, 2.05) is 6.92 Å². The van der Waals surface area contributed by atoms with Crippen molar-refractivity contribution >= 4 is 39.8 Å². The normalized spacial score (nSPS) is 12.1. The minimum absolute atomic E-state index is 0. The summed E-state index contributed by atoms with van der Waals surface area (Å²) in [6.45, 7) is 3.47. The predicted molar refractivity (Wildman–Crippen MR) is 125 cm³/mol. The molecule has 6 nitrogen and oxygen atoms in total. The van der Waals surface area contributed by atoms with Gasteiger partial charge in [-0.15, -0.1) is 24.0 Å². The molecule has 2 aromatic carbocycles. The fourth-order valence-corrected chi connectivity index (χ4v) is 3.06.